The van der Waals surface area contributed by atoms with Crippen LogP contribution in [0.5, 0.6) is 0 Å². The molecule has 23 heavy (non-hydrogen) atoms. The Balaban J connectivity index is 2.31. The molecular weight excluding hydrogens is 302 g/mol. The molecule has 0 atom stereocenters. The van der Waals surface area contributed by atoms with Gasteiger partial charge in [0.15, 0.2) is 17.2 Å². The Morgan fingerprint density at radius 2 is 2.09 bits per heavy atom. The molecule has 0 amide bonds. The molecule has 0 spiro atoms. The van der Waals surface area contributed by atoms with E-state index in [1.54, 1.807) is 7.05 Å². The summed E-state index contributed by atoms with van der Waals surface area (Å²) in [6.07, 6.45) is 4.28. The molecule has 116 valence electrons. The van der Waals surface area contributed by atoms with E-state index in [9.17, 15) is 14.7 Å². The quantitative estimate of drug-likeness (QED) is 0.723. The molecule has 0 aliphatic heterocycles. The van der Waals surface area contributed by atoms with Gasteiger partial charge in [-0.2, -0.15) is 0 Å². The highest BCUT2D eigenvalue weighted by Gasteiger charge is 2.21. The smallest absolute Gasteiger partial charge is 0.358 e. The lowest BCUT2D eigenvalue weighted by Gasteiger charge is -2.09. The Hall–Kier alpha value is -3.49. The molecule has 0 radical (unpaired) electrons. The average Bonchev–Trinajstić information content (AvgIpc) is 3.03. The van der Waals surface area contributed by atoms with Gasteiger partial charge in [0.25, 0.3) is 0 Å². The summed E-state index contributed by atoms with van der Waals surface area (Å²) in [6.45, 7) is 0. The average molecular weight is 313 g/mol. The molecule has 3 aromatic heterocycles. The highest BCUT2D eigenvalue weighted by atomic mass is 16.4. The number of oxazole rings is 1. The summed E-state index contributed by atoms with van der Waals surface area (Å²) in [5.74, 6) is -1.41. The van der Waals surface area contributed by atoms with Gasteiger partial charge in [-0.3, -0.25) is 4.79 Å². The number of anilines is 1. The van der Waals surface area contributed by atoms with Crippen molar-refractivity contribution in [3.8, 4) is 22.8 Å². The van der Waals surface area contributed by atoms with E-state index in [2.05, 4.69) is 15.0 Å². The fourth-order valence-electron chi connectivity index (χ4n) is 2.03. The summed E-state index contributed by atoms with van der Waals surface area (Å²) in [4.78, 5) is 34.9. The van der Waals surface area contributed by atoms with Gasteiger partial charge in [-0.1, -0.05) is 0 Å². The Morgan fingerprint density at radius 3 is 2.70 bits per heavy atom. The number of aromatic nitrogens is 4. The zero-order valence-corrected chi connectivity index (χ0v) is 11.9. The number of carbonyl (C=O) groups is 1. The van der Waals surface area contributed by atoms with Crippen LogP contribution in [0.2, 0.25) is 0 Å². The maximum atomic E-state index is 11.5. The minimum Gasteiger partial charge on any atom is -0.476 e. The number of carboxylic acids is 1. The van der Waals surface area contributed by atoms with E-state index in [0.717, 1.165) is 0 Å². The molecule has 3 heterocycles. The highest BCUT2D eigenvalue weighted by molar-refractivity contribution is 5.92. The summed E-state index contributed by atoms with van der Waals surface area (Å²) < 4.78 is 6.55. The van der Waals surface area contributed by atoms with Gasteiger partial charge < -0.3 is 19.8 Å². The topological polar surface area (TPSA) is 137 Å². The largest absolute Gasteiger partial charge is 0.476 e. The SMILES string of the molecule is Cn1cc(-c2nc(C(=O)O)c(N)nc2-c2ncco2)ccc1=O. The summed E-state index contributed by atoms with van der Waals surface area (Å²) >= 11 is 0. The van der Waals surface area contributed by atoms with Crippen molar-refractivity contribution >= 4 is 11.8 Å². The lowest BCUT2D eigenvalue weighted by molar-refractivity contribution is 0.0691. The molecular formula is C14H11N5O4. The van der Waals surface area contributed by atoms with Crippen LogP contribution in [0, 0.1) is 0 Å². The fraction of sp³-hybridized carbons (Fsp3) is 0.0714. The summed E-state index contributed by atoms with van der Waals surface area (Å²) in [6, 6.07) is 2.85. The number of aromatic carboxylic acids is 1. The first-order valence-corrected chi connectivity index (χ1v) is 6.45. The lowest BCUT2D eigenvalue weighted by Crippen LogP contribution is -2.15. The van der Waals surface area contributed by atoms with Crippen LogP contribution >= 0.6 is 0 Å². The second-order valence-corrected chi connectivity index (χ2v) is 4.66. The maximum Gasteiger partial charge on any atom is 0.358 e. The van der Waals surface area contributed by atoms with Gasteiger partial charge in [0.05, 0.1) is 6.20 Å². The molecule has 0 fully saturated rings. The first-order valence-electron chi connectivity index (χ1n) is 6.45. The number of nitrogens with two attached hydrogens (primary N) is 1. The van der Waals surface area contributed by atoms with Gasteiger partial charge in [-0.15, -0.1) is 0 Å². The van der Waals surface area contributed by atoms with E-state index < -0.39 is 5.97 Å². The predicted octanol–water partition coefficient (Wildman–Crippen LogP) is 0.778. The monoisotopic (exact) mass is 313 g/mol. The Labute approximate surface area is 129 Å². The first-order chi connectivity index (χ1) is 11.0. The molecule has 3 N–H and O–H groups in total. The second-order valence-electron chi connectivity index (χ2n) is 4.66. The van der Waals surface area contributed by atoms with Crippen molar-refractivity contribution in [1.82, 2.24) is 19.5 Å². The van der Waals surface area contributed by atoms with Crippen LogP contribution in [0.25, 0.3) is 22.8 Å². The lowest BCUT2D eigenvalue weighted by atomic mass is 10.1. The van der Waals surface area contributed by atoms with Crippen molar-refractivity contribution in [2.45, 2.75) is 0 Å². The van der Waals surface area contributed by atoms with E-state index in [0.29, 0.717) is 5.56 Å². The molecule has 0 aliphatic carbocycles. The van der Waals surface area contributed by atoms with Crippen molar-refractivity contribution < 1.29 is 14.3 Å². The van der Waals surface area contributed by atoms with Crippen LogP contribution in [0.15, 0.2) is 40.0 Å². The van der Waals surface area contributed by atoms with Crippen molar-refractivity contribution in [3.05, 3.63) is 46.8 Å². The number of nitrogen functional groups attached to an aromatic ring is 1. The molecule has 0 aliphatic rings. The molecule has 9 nitrogen and oxygen atoms in total. The van der Waals surface area contributed by atoms with E-state index in [1.165, 1.54) is 35.4 Å². The molecule has 0 unspecified atom stereocenters. The molecule has 0 saturated carbocycles. The van der Waals surface area contributed by atoms with Crippen LogP contribution in [-0.4, -0.2) is 30.6 Å². The highest BCUT2D eigenvalue weighted by Crippen LogP contribution is 2.29. The standard InChI is InChI=1S/C14H11N5O4/c1-19-6-7(2-3-8(19)20)9-10(13-16-4-5-23-13)18-12(15)11(17-9)14(21)22/h2-6H,1H3,(H2,15,18)(H,21,22). The van der Waals surface area contributed by atoms with Crippen LogP contribution in [0.4, 0.5) is 5.82 Å². The minimum atomic E-state index is -1.31. The van der Waals surface area contributed by atoms with Gasteiger partial charge in [-0.25, -0.2) is 19.7 Å². The van der Waals surface area contributed by atoms with Gasteiger partial charge in [-0.05, 0) is 6.07 Å². The summed E-state index contributed by atoms with van der Waals surface area (Å²) in [7, 11) is 1.57. The third kappa shape index (κ3) is 2.55. The number of aryl methyl sites for hydroxylation is 1. The van der Waals surface area contributed by atoms with Gasteiger partial charge in [0.2, 0.25) is 11.4 Å². The van der Waals surface area contributed by atoms with Crippen LogP contribution in [0.3, 0.4) is 0 Å². The van der Waals surface area contributed by atoms with E-state index in [4.69, 9.17) is 10.2 Å². The second kappa shape index (κ2) is 5.37. The zero-order chi connectivity index (χ0) is 16.6. The summed E-state index contributed by atoms with van der Waals surface area (Å²) in [5.41, 5.74) is 5.93. The van der Waals surface area contributed by atoms with Crippen molar-refractivity contribution in [2.24, 2.45) is 7.05 Å². The van der Waals surface area contributed by atoms with Gasteiger partial charge in [0, 0.05) is 24.9 Å². The molecule has 3 aromatic rings. The van der Waals surface area contributed by atoms with Crippen LogP contribution < -0.4 is 11.3 Å². The third-order valence-corrected chi connectivity index (χ3v) is 3.12. The molecule has 3 rings (SSSR count). The molecule has 0 aromatic carbocycles. The number of carboxylic acid groups (broad SMARTS) is 1. The first kappa shape index (κ1) is 14.4. The third-order valence-electron chi connectivity index (χ3n) is 3.12. The summed E-state index contributed by atoms with van der Waals surface area (Å²) in [5, 5.41) is 9.18. The van der Waals surface area contributed by atoms with Gasteiger partial charge >= 0.3 is 5.97 Å². The maximum absolute atomic E-state index is 11.5. The Bertz CT molecular complexity index is 946. The van der Waals surface area contributed by atoms with Crippen molar-refractivity contribution in [1.29, 1.82) is 0 Å². The molecule has 9 heteroatoms. The van der Waals surface area contributed by atoms with Crippen LogP contribution in [-0.2, 0) is 7.05 Å². The van der Waals surface area contributed by atoms with Gasteiger partial charge in [0.1, 0.15) is 12.0 Å². The van der Waals surface area contributed by atoms with Crippen LogP contribution in [0.1, 0.15) is 10.5 Å². The normalized spacial score (nSPS) is 10.7. The van der Waals surface area contributed by atoms with E-state index in [1.807, 2.05) is 0 Å². The number of pyridine rings is 1. The number of rotatable bonds is 3. The predicted molar refractivity (Wildman–Crippen MR) is 79.6 cm³/mol. The Morgan fingerprint density at radius 1 is 1.30 bits per heavy atom. The van der Waals surface area contributed by atoms with Crippen molar-refractivity contribution in [3.63, 3.8) is 0 Å². The number of nitrogens with zero attached hydrogens (tertiary/aromatic N) is 4. The van der Waals surface area contributed by atoms with E-state index >= 15 is 0 Å². The molecule has 0 saturated heterocycles. The number of hydrogen-bond acceptors (Lipinski definition) is 7. The fourth-order valence-corrected chi connectivity index (χ4v) is 2.03. The molecule has 0 bridgehead atoms. The number of hydrogen-bond donors (Lipinski definition) is 2. The van der Waals surface area contributed by atoms with Crippen molar-refractivity contribution in [2.75, 3.05) is 5.73 Å². The zero-order valence-electron chi connectivity index (χ0n) is 11.9. The minimum absolute atomic E-state index is 0.144. The van der Waals surface area contributed by atoms with E-state index in [-0.39, 0.29) is 34.3 Å². The Kier molecular flexibility index (Phi) is 3.37.